The van der Waals surface area contributed by atoms with E-state index in [-0.39, 0.29) is 23.5 Å². The Bertz CT molecular complexity index is 626. The average Bonchev–Trinajstić information content (AvgIpc) is 3.01. The molecule has 0 saturated carbocycles. The predicted octanol–water partition coefficient (Wildman–Crippen LogP) is 3.01. The van der Waals surface area contributed by atoms with Crippen molar-refractivity contribution in [2.75, 3.05) is 19.6 Å². The van der Waals surface area contributed by atoms with Crippen LogP contribution in [0.1, 0.15) is 44.6 Å². The molecule has 2 aliphatic heterocycles. The van der Waals surface area contributed by atoms with Gasteiger partial charge in [-0.3, -0.25) is 9.59 Å². The molecule has 136 valence electrons. The van der Waals surface area contributed by atoms with Crippen molar-refractivity contribution < 1.29 is 14.0 Å². The molecule has 5 heteroatoms. The molecule has 3 rings (SSSR count). The Morgan fingerprint density at radius 1 is 1.28 bits per heavy atom. The van der Waals surface area contributed by atoms with Gasteiger partial charge >= 0.3 is 0 Å². The lowest BCUT2D eigenvalue weighted by atomic mass is 9.96. The molecule has 2 saturated heterocycles. The zero-order chi connectivity index (χ0) is 17.8. The van der Waals surface area contributed by atoms with Crippen LogP contribution >= 0.6 is 0 Å². The summed E-state index contributed by atoms with van der Waals surface area (Å²) in [4.78, 5) is 28.3. The van der Waals surface area contributed by atoms with Crippen LogP contribution in [0.25, 0.3) is 0 Å². The van der Waals surface area contributed by atoms with E-state index >= 15 is 0 Å². The first-order valence-electron chi connectivity index (χ1n) is 9.34. The SMILES string of the molecule is CC(CC(=O)N1CCC(N2CCCC2=O)CC1)Cc1cccc(F)c1. The molecule has 1 unspecified atom stereocenters. The van der Waals surface area contributed by atoms with Crippen LogP contribution in [0.3, 0.4) is 0 Å². The number of hydrogen-bond acceptors (Lipinski definition) is 2. The summed E-state index contributed by atoms with van der Waals surface area (Å²) in [5.74, 6) is 0.408. The summed E-state index contributed by atoms with van der Waals surface area (Å²) in [5, 5.41) is 0. The second kappa shape index (κ2) is 7.98. The van der Waals surface area contributed by atoms with Crippen molar-refractivity contribution in [3.05, 3.63) is 35.6 Å². The number of benzene rings is 1. The summed E-state index contributed by atoms with van der Waals surface area (Å²) in [6.07, 6.45) is 4.61. The maximum Gasteiger partial charge on any atom is 0.222 e. The highest BCUT2D eigenvalue weighted by atomic mass is 19.1. The Hall–Kier alpha value is -1.91. The van der Waals surface area contributed by atoms with E-state index < -0.39 is 0 Å². The molecule has 1 aromatic carbocycles. The summed E-state index contributed by atoms with van der Waals surface area (Å²) < 4.78 is 13.3. The van der Waals surface area contributed by atoms with Crippen molar-refractivity contribution in [1.29, 1.82) is 0 Å². The summed E-state index contributed by atoms with van der Waals surface area (Å²) in [6, 6.07) is 6.91. The molecule has 1 aromatic rings. The summed E-state index contributed by atoms with van der Waals surface area (Å²) in [5.41, 5.74) is 0.937. The molecule has 0 N–H and O–H groups in total. The first-order chi connectivity index (χ1) is 12.0. The minimum Gasteiger partial charge on any atom is -0.343 e. The van der Waals surface area contributed by atoms with Gasteiger partial charge in [0.15, 0.2) is 0 Å². The third-order valence-electron chi connectivity index (χ3n) is 5.36. The number of likely N-dealkylation sites (tertiary alicyclic amines) is 2. The van der Waals surface area contributed by atoms with E-state index in [0.717, 1.165) is 44.5 Å². The second-order valence-corrected chi connectivity index (χ2v) is 7.45. The van der Waals surface area contributed by atoms with E-state index in [0.29, 0.717) is 25.3 Å². The third kappa shape index (κ3) is 4.59. The molecular formula is C20H27FN2O2. The molecule has 2 amide bonds. The van der Waals surface area contributed by atoms with Crippen LogP contribution in [-0.4, -0.2) is 47.3 Å². The number of halogens is 1. The predicted molar refractivity (Wildman–Crippen MR) is 94.4 cm³/mol. The monoisotopic (exact) mass is 346 g/mol. The van der Waals surface area contributed by atoms with Gasteiger partial charge in [-0.15, -0.1) is 0 Å². The van der Waals surface area contributed by atoms with Gasteiger partial charge in [-0.2, -0.15) is 0 Å². The lowest BCUT2D eigenvalue weighted by Gasteiger charge is -2.37. The fourth-order valence-electron chi connectivity index (χ4n) is 4.05. The molecule has 0 spiro atoms. The van der Waals surface area contributed by atoms with Crippen LogP contribution in [0.4, 0.5) is 4.39 Å². The van der Waals surface area contributed by atoms with Gasteiger partial charge in [0.1, 0.15) is 5.82 Å². The van der Waals surface area contributed by atoms with Crippen molar-refractivity contribution in [2.24, 2.45) is 5.92 Å². The molecule has 0 aromatic heterocycles. The van der Waals surface area contributed by atoms with E-state index in [1.165, 1.54) is 6.07 Å². The molecule has 4 nitrogen and oxygen atoms in total. The van der Waals surface area contributed by atoms with Gasteiger partial charge in [-0.1, -0.05) is 19.1 Å². The van der Waals surface area contributed by atoms with Gasteiger partial charge in [0, 0.05) is 38.5 Å². The Kier molecular flexibility index (Phi) is 5.71. The Balaban J connectivity index is 1.45. The fourth-order valence-corrected chi connectivity index (χ4v) is 4.05. The number of piperidine rings is 1. The second-order valence-electron chi connectivity index (χ2n) is 7.45. The number of carbonyl (C=O) groups is 2. The van der Waals surface area contributed by atoms with Crippen LogP contribution in [0.15, 0.2) is 24.3 Å². The van der Waals surface area contributed by atoms with Crippen LogP contribution < -0.4 is 0 Å². The molecule has 2 aliphatic rings. The minimum atomic E-state index is -0.227. The summed E-state index contributed by atoms with van der Waals surface area (Å²) in [7, 11) is 0. The van der Waals surface area contributed by atoms with Gasteiger partial charge < -0.3 is 9.80 Å². The zero-order valence-electron chi connectivity index (χ0n) is 14.9. The summed E-state index contributed by atoms with van der Waals surface area (Å²) >= 11 is 0. The molecular weight excluding hydrogens is 319 g/mol. The van der Waals surface area contributed by atoms with E-state index in [1.54, 1.807) is 12.1 Å². The first kappa shape index (κ1) is 17.9. The highest BCUT2D eigenvalue weighted by Gasteiger charge is 2.32. The Labute approximate surface area is 149 Å². The number of amides is 2. The maximum absolute atomic E-state index is 13.3. The molecule has 0 radical (unpaired) electrons. The zero-order valence-corrected chi connectivity index (χ0v) is 14.9. The Morgan fingerprint density at radius 2 is 2.04 bits per heavy atom. The standard InChI is InChI=1S/C20H27FN2O2/c1-15(12-16-4-2-5-17(21)14-16)13-20(25)22-10-7-18(8-11-22)23-9-3-6-19(23)24/h2,4-5,14-15,18H,3,6-13H2,1H3. The van der Waals surface area contributed by atoms with Crippen molar-refractivity contribution in [3.63, 3.8) is 0 Å². The number of hydrogen-bond donors (Lipinski definition) is 0. The van der Waals surface area contributed by atoms with Crippen molar-refractivity contribution in [2.45, 2.75) is 51.5 Å². The number of carbonyl (C=O) groups excluding carboxylic acids is 2. The highest BCUT2D eigenvalue weighted by Crippen LogP contribution is 2.23. The third-order valence-corrected chi connectivity index (χ3v) is 5.36. The smallest absolute Gasteiger partial charge is 0.222 e. The largest absolute Gasteiger partial charge is 0.343 e. The van der Waals surface area contributed by atoms with Crippen LogP contribution in [-0.2, 0) is 16.0 Å². The average molecular weight is 346 g/mol. The lowest BCUT2D eigenvalue weighted by molar-refractivity contribution is -0.135. The van der Waals surface area contributed by atoms with Gasteiger partial charge in [0.25, 0.3) is 0 Å². The maximum atomic E-state index is 13.3. The van der Waals surface area contributed by atoms with Crippen molar-refractivity contribution in [3.8, 4) is 0 Å². The number of rotatable bonds is 5. The Morgan fingerprint density at radius 3 is 2.68 bits per heavy atom. The molecule has 0 aliphatic carbocycles. The van der Waals surface area contributed by atoms with E-state index in [4.69, 9.17) is 0 Å². The topological polar surface area (TPSA) is 40.6 Å². The molecule has 25 heavy (non-hydrogen) atoms. The van der Waals surface area contributed by atoms with Crippen LogP contribution in [0.5, 0.6) is 0 Å². The van der Waals surface area contributed by atoms with Gasteiger partial charge in [0.2, 0.25) is 11.8 Å². The molecule has 0 bridgehead atoms. The van der Waals surface area contributed by atoms with E-state index in [2.05, 4.69) is 0 Å². The summed E-state index contributed by atoms with van der Waals surface area (Å²) in [6.45, 7) is 4.39. The van der Waals surface area contributed by atoms with Crippen LogP contribution in [0.2, 0.25) is 0 Å². The van der Waals surface area contributed by atoms with Crippen molar-refractivity contribution in [1.82, 2.24) is 9.80 Å². The molecule has 1 atom stereocenters. The molecule has 2 fully saturated rings. The normalized spacial score (nSPS) is 20.2. The van der Waals surface area contributed by atoms with Crippen molar-refractivity contribution >= 4 is 11.8 Å². The first-order valence-corrected chi connectivity index (χ1v) is 9.34. The fraction of sp³-hybridized carbons (Fsp3) is 0.600. The van der Waals surface area contributed by atoms with E-state index in [9.17, 15) is 14.0 Å². The van der Waals surface area contributed by atoms with Gasteiger partial charge in [0.05, 0.1) is 0 Å². The molecule has 2 heterocycles. The quantitative estimate of drug-likeness (QED) is 0.822. The highest BCUT2D eigenvalue weighted by molar-refractivity contribution is 5.79. The van der Waals surface area contributed by atoms with E-state index in [1.807, 2.05) is 22.8 Å². The van der Waals surface area contributed by atoms with Gasteiger partial charge in [-0.05, 0) is 49.3 Å². The minimum absolute atomic E-state index is 0.176. The van der Waals surface area contributed by atoms with Crippen LogP contribution in [0, 0.1) is 11.7 Å². The van der Waals surface area contributed by atoms with Gasteiger partial charge in [-0.25, -0.2) is 4.39 Å². The lowest BCUT2D eigenvalue weighted by Crippen LogP contribution is -2.47. The number of nitrogens with zero attached hydrogens (tertiary/aromatic N) is 2.